The first-order valence-electron chi connectivity index (χ1n) is 5.19. The Bertz CT molecular complexity index is 441. The Kier molecular flexibility index (Phi) is 2.28. The van der Waals surface area contributed by atoms with E-state index in [1.165, 1.54) is 11.1 Å². The van der Waals surface area contributed by atoms with Crippen LogP contribution in [-0.2, 0) is 6.42 Å². The standard InChI is InChI=1S/C12H16N2/c1-4-11-7-12-6-5-10(9(2)3)8-14(12)13-11/h5-9H,4H2,1-3H3. The molecule has 2 nitrogen and oxygen atoms in total. The molecule has 2 heterocycles. The van der Waals surface area contributed by atoms with E-state index in [0.717, 1.165) is 12.1 Å². The van der Waals surface area contributed by atoms with Crippen molar-refractivity contribution in [3.05, 3.63) is 35.7 Å². The lowest BCUT2D eigenvalue weighted by molar-refractivity contribution is 0.826. The van der Waals surface area contributed by atoms with Crippen LogP contribution in [0.1, 0.15) is 37.9 Å². The minimum absolute atomic E-state index is 0.564. The molecule has 0 saturated heterocycles. The number of hydrogen-bond acceptors (Lipinski definition) is 1. The summed E-state index contributed by atoms with van der Waals surface area (Å²) in [5.74, 6) is 0.564. The van der Waals surface area contributed by atoms with Gasteiger partial charge < -0.3 is 0 Å². The fraction of sp³-hybridized carbons (Fsp3) is 0.417. The van der Waals surface area contributed by atoms with Gasteiger partial charge in [-0.25, -0.2) is 4.52 Å². The molecule has 0 fully saturated rings. The third kappa shape index (κ3) is 1.52. The fourth-order valence-electron chi connectivity index (χ4n) is 1.57. The Balaban J connectivity index is 2.54. The highest BCUT2D eigenvalue weighted by Gasteiger charge is 2.02. The number of hydrogen-bond donors (Lipinski definition) is 0. The Morgan fingerprint density at radius 1 is 1.36 bits per heavy atom. The average Bonchev–Trinajstić information content (AvgIpc) is 2.58. The van der Waals surface area contributed by atoms with Gasteiger partial charge in [-0.05, 0) is 30.0 Å². The molecule has 0 N–H and O–H groups in total. The van der Waals surface area contributed by atoms with Crippen LogP contribution in [0.4, 0.5) is 0 Å². The van der Waals surface area contributed by atoms with Gasteiger partial charge in [-0.3, -0.25) is 0 Å². The summed E-state index contributed by atoms with van der Waals surface area (Å²) in [4.78, 5) is 0. The van der Waals surface area contributed by atoms with E-state index in [4.69, 9.17) is 0 Å². The van der Waals surface area contributed by atoms with Crippen molar-refractivity contribution in [2.75, 3.05) is 0 Å². The number of pyridine rings is 1. The molecule has 0 atom stereocenters. The summed E-state index contributed by atoms with van der Waals surface area (Å²) in [7, 11) is 0. The second-order valence-electron chi connectivity index (χ2n) is 3.98. The molecule has 0 aliphatic carbocycles. The zero-order valence-electron chi connectivity index (χ0n) is 8.99. The van der Waals surface area contributed by atoms with Gasteiger partial charge in [0.05, 0.1) is 11.2 Å². The van der Waals surface area contributed by atoms with Crippen molar-refractivity contribution in [2.24, 2.45) is 0 Å². The SMILES string of the molecule is CCc1cc2ccc(C(C)C)cn2n1. The van der Waals surface area contributed by atoms with E-state index >= 15 is 0 Å². The monoisotopic (exact) mass is 188 g/mol. The summed E-state index contributed by atoms with van der Waals surface area (Å²) in [5, 5.41) is 4.49. The molecule has 2 aromatic rings. The van der Waals surface area contributed by atoms with Gasteiger partial charge in [0, 0.05) is 6.20 Å². The van der Waals surface area contributed by atoms with Crippen LogP contribution in [0.2, 0.25) is 0 Å². The van der Waals surface area contributed by atoms with Crippen molar-refractivity contribution in [1.29, 1.82) is 0 Å². The lowest BCUT2D eigenvalue weighted by atomic mass is 10.1. The van der Waals surface area contributed by atoms with E-state index in [1.54, 1.807) is 0 Å². The highest BCUT2D eigenvalue weighted by atomic mass is 15.2. The van der Waals surface area contributed by atoms with Gasteiger partial charge >= 0.3 is 0 Å². The van der Waals surface area contributed by atoms with Crippen LogP contribution in [0.15, 0.2) is 24.4 Å². The van der Waals surface area contributed by atoms with Crippen LogP contribution < -0.4 is 0 Å². The van der Waals surface area contributed by atoms with Gasteiger partial charge in [-0.2, -0.15) is 5.10 Å². The first-order valence-corrected chi connectivity index (χ1v) is 5.19. The summed E-state index contributed by atoms with van der Waals surface area (Å²) < 4.78 is 1.98. The van der Waals surface area contributed by atoms with Crippen molar-refractivity contribution in [2.45, 2.75) is 33.1 Å². The quantitative estimate of drug-likeness (QED) is 0.708. The van der Waals surface area contributed by atoms with E-state index in [9.17, 15) is 0 Å². The van der Waals surface area contributed by atoms with E-state index in [0.29, 0.717) is 5.92 Å². The predicted octanol–water partition coefficient (Wildman–Crippen LogP) is 3.02. The lowest BCUT2D eigenvalue weighted by Crippen LogP contribution is -1.93. The summed E-state index contributed by atoms with van der Waals surface area (Å²) in [6.45, 7) is 6.53. The van der Waals surface area contributed by atoms with Crippen LogP contribution in [0.3, 0.4) is 0 Å². The molecule has 2 heteroatoms. The zero-order valence-corrected chi connectivity index (χ0v) is 8.99. The number of aromatic nitrogens is 2. The number of rotatable bonds is 2. The van der Waals surface area contributed by atoms with Crippen LogP contribution in [0.25, 0.3) is 5.52 Å². The van der Waals surface area contributed by atoms with Crippen molar-refractivity contribution >= 4 is 5.52 Å². The molecule has 0 amide bonds. The van der Waals surface area contributed by atoms with Crippen molar-refractivity contribution in [1.82, 2.24) is 9.61 Å². The predicted molar refractivity (Wildman–Crippen MR) is 58.7 cm³/mol. The highest BCUT2D eigenvalue weighted by Crippen LogP contribution is 2.16. The normalized spacial score (nSPS) is 11.4. The highest BCUT2D eigenvalue weighted by molar-refractivity contribution is 5.48. The average molecular weight is 188 g/mol. The first kappa shape index (κ1) is 9.25. The minimum atomic E-state index is 0.564. The molecule has 0 aliphatic rings. The van der Waals surface area contributed by atoms with E-state index < -0.39 is 0 Å². The summed E-state index contributed by atoms with van der Waals surface area (Å²) >= 11 is 0. The molecular weight excluding hydrogens is 172 g/mol. The smallest absolute Gasteiger partial charge is 0.0664 e. The fourth-order valence-corrected chi connectivity index (χ4v) is 1.57. The van der Waals surface area contributed by atoms with Gasteiger partial charge in [0.15, 0.2) is 0 Å². The molecule has 2 rings (SSSR count). The van der Waals surface area contributed by atoms with Crippen LogP contribution in [0, 0.1) is 0 Å². The van der Waals surface area contributed by atoms with Crippen molar-refractivity contribution in [3.63, 3.8) is 0 Å². The van der Waals surface area contributed by atoms with Gasteiger partial charge in [-0.1, -0.05) is 26.8 Å². The molecule has 2 aromatic heterocycles. The molecule has 14 heavy (non-hydrogen) atoms. The van der Waals surface area contributed by atoms with E-state index in [2.05, 4.69) is 50.3 Å². The second-order valence-corrected chi connectivity index (χ2v) is 3.98. The van der Waals surface area contributed by atoms with Crippen LogP contribution in [-0.4, -0.2) is 9.61 Å². The topological polar surface area (TPSA) is 17.3 Å². The number of fused-ring (bicyclic) bond motifs is 1. The minimum Gasteiger partial charge on any atom is -0.240 e. The Labute approximate surface area is 84.6 Å². The van der Waals surface area contributed by atoms with Gasteiger partial charge in [0.25, 0.3) is 0 Å². The molecule has 74 valence electrons. The molecule has 0 saturated carbocycles. The maximum atomic E-state index is 4.49. The summed E-state index contributed by atoms with van der Waals surface area (Å²) in [5.41, 5.74) is 3.68. The Morgan fingerprint density at radius 3 is 2.79 bits per heavy atom. The summed E-state index contributed by atoms with van der Waals surface area (Å²) in [6, 6.07) is 6.46. The Hall–Kier alpha value is -1.31. The van der Waals surface area contributed by atoms with E-state index in [1.807, 2.05) is 4.52 Å². The number of aryl methyl sites for hydroxylation is 1. The third-order valence-corrected chi connectivity index (χ3v) is 2.56. The molecule has 0 bridgehead atoms. The number of nitrogens with zero attached hydrogens (tertiary/aromatic N) is 2. The van der Waals surface area contributed by atoms with Crippen LogP contribution >= 0.6 is 0 Å². The first-order chi connectivity index (χ1) is 6.70. The molecule has 0 aromatic carbocycles. The largest absolute Gasteiger partial charge is 0.240 e. The summed E-state index contributed by atoms with van der Waals surface area (Å²) in [6.07, 6.45) is 3.12. The van der Waals surface area contributed by atoms with Gasteiger partial charge in [0.1, 0.15) is 0 Å². The van der Waals surface area contributed by atoms with Crippen molar-refractivity contribution in [3.8, 4) is 0 Å². The maximum absolute atomic E-state index is 4.49. The molecule has 0 radical (unpaired) electrons. The maximum Gasteiger partial charge on any atom is 0.0664 e. The zero-order chi connectivity index (χ0) is 10.1. The molecular formula is C12H16N2. The second kappa shape index (κ2) is 3.45. The third-order valence-electron chi connectivity index (χ3n) is 2.56. The van der Waals surface area contributed by atoms with E-state index in [-0.39, 0.29) is 0 Å². The lowest BCUT2D eigenvalue weighted by Gasteiger charge is -2.04. The van der Waals surface area contributed by atoms with Crippen LogP contribution in [0.5, 0.6) is 0 Å². The molecule has 0 aliphatic heterocycles. The molecule has 0 unspecified atom stereocenters. The van der Waals surface area contributed by atoms with Gasteiger partial charge in [-0.15, -0.1) is 0 Å². The van der Waals surface area contributed by atoms with Gasteiger partial charge in [0.2, 0.25) is 0 Å². The Morgan fingerprint density at radius 2 is 2.14 bits per heavy atom. The molecule has 0 spiro atoms. The van der Waals surface area contributed by atoms with Crippen molar-refractivity contribution < 1.29 is 0 Å².